The van der Waals surface area contributed by atoms with Crippen LogP contribution < -0.4 is 0 Å². The van der Waals surface area contributed by atoms with Crippen LogP contribution in [0.25, 0.3) is 5.57 Å². The first-order valence-corrected chi connectivity index (χ1v) is 10.2. The van der Waals surface area contributed by atoms with E-state index < -0.39 is 23.2 Å². The summed E-state index contributed by atoms with van der Waals surface area (Å²) in [5, 5.41) is 10.3. The Labute approximate surface area is 169 Å². The molecule has 0 aliphatic heterocycles. The molecule has 0 spiro atoms. The van der Waals surface area contributed by atoms with Gasteiger partial charge in [-0.2, -0.15) is 4.39 Å². The van der Waals surface area contributed by atoms with Gasteiger partial charge < -0.3 is 14.6 Å². The van der Waals surface area contributed by atoms with Gasteiger partial charge in [0.1, 0.15) is 0 Å². The predicted molar refractivity (Wildman–Crippen MR) is 106 cm³/mol. The largest absolute Gasteiger partial charge is 0.504 e. The predicted octanol–water partition coefficient (Wildman–Crippen LogP) is 6.65. The quantitative estimate of drug-likeness (QED) is 0.536. The van der Waals surface area contributed by atoms with Gasteiger partial charge in [0.15, 0.2) is 23.2 Å². The van der Waals surface area contributed by atoms with Gasteiger partial charge in [-0.15, -0.1) is 0 Å². The Balaban J connectivity index is 1.79. The van der Waals surface area contributed by atoms with Gasteiger partial charge in [-0.25, -0.2) is 8.78 Å². The summed E-state index contributed by atoms with van der Waals surface area (Å²) >= 11 is 0. The van der Waals surface area contributed by atoms with E-state index >= 15 is 0 Å². The molecule has 2 aliphatic rings. The van der Waals surface area contributed by atoms with Crippen LogP contribution >= 0.6 is 0 Å². The molecule has 158 valence electrons. The molecule has 0 atom stereocenters. The Morgan fingerprint density at radius 1 is 1.00 bits per heavy atom. The summed E-state index contributed by atoms with van der Waals surface area (Å²) < 4.78 is 54.9. The normalized spacial score (nSPS) is 18.8. The van der Waals surface area contributed by atoms with Crippen LogP contribution in [-0.4, -0.2) is 17.8 Å². The SMILES string of the molecule is CCOC1=CCC=C(c2ccc(COC3CCCCCC3)c(F)c2F)C(O)=C1F. The molecule has 0 unspecified atom stereocenters. The molecule has 1 aromatic carbocycles. The Kier molecular flexibility index (Phi) is 7.42. The highest BCUT2D eigenvalue weighted by Gasteiger charge is 2.24. The van der Waals surface area contributed by atoms with Crippen molar-refractivity contribution in [2.24, 2.45) is 0 Å². The van der Waals surface area contributed by atoms with E-state index in [0.717, 1.165) is 25.7 Å². The molecule has 2 aliphatic carbocycles. The van der Waals surface area contributed by atoms with Crippen molar-refractivity contribution in [1.29, 1.82) is 0 Å². The van der Waals surface area contributed by atoms with E-state index in [4.69, 9.17) is 9.47 Å². The third-order valence-corrected chi connectivity index (χ3v) is 5.33. The molecule has 29 heavy (non-hydrogen) atoms. The average molecular weight is 408 g/mol. The third kappa shape index (κ3) is 5.04. The molecular weight excluding hydrogens is 381 g/mol. The molecule has 0 radical (unpaired) electrons. The number of halogens is 3. The summed E-state index contributed by atoms with van der Waals surface area (Å²) in [6.45, 7) is 1.90. The van der Waals surface area contributed by atoms with Crippen molar-refractivity contribution in [3.63, 3.8) is 0 Å². The topological polar surface area (TPSA) is 38.7 Å². The summed E-state index contributed by atoms with van der Waals surface area (Å²) in [6, 6.07) is 2.78. The first-order valence-electron chi connectivity index (χ1n) is 10.2. The van der Waals surface area contributed by atoms with Gasteiger partial charge >= 0.3 is 0 Å². The van der Waals surface area contributed by atoms with Crippen LogP contribution in [0.1, 0.15) is 63.0 Å². The van der Waals surface area contributed by atoms with Crippen LogP contribution in [0, 0.1) is 11.6 Å². The Bertz CT molecular complexity index is 819. The van der Waals surface area contributed by atoms with Gasteiger partial charge in [0.25, 0.3) is 0 Å². The van der Waals surface area contributed by atoms with Gasteiger partial charge in [-0.1, -0.05) is 43.9 Å². The van der Waals surface area contributed by atoms with E-state index in [2.05, 4.69) is 0 Å². The molecule has 1 N–H and O–H groups in total. The zero-order chi connectivity index (χ0) is 20.8. The van der Waals surface area contributed by atoms with Crippen molar-refractivity contribution < 1.29 is 27.8 Å². The summed E-state index contributed by atoms with van der Waals surface area (Å²) in [4.78, 5) is 0. The minimum atomic E-state index is -1.13. The van der Waals surface area contributed by atoms with Gasteiger partial charge in [0.05, 0.1) is 19.3 Å². The highest BCUT2D eigenvalue weighted by molar-refractivity contribution is 5.79. The van der Waals surface area contributed by atoms with Crippen molar-refractivity contribution in [2.45, 2.75) is 64.6 Å². The van der Waals surface area contributed by atoms with Crippen molar-refractivity contribution in [2.75, 3.05) is 6.61 Å². The zero-order valence-corrected chi connectivity index (χ0v) is 16.6. The van der Waals surface area contributed by atoms with Crippen molar-refractivity contribution in [1.82, 2.24) is 0 Å². The smallest absolute Gasteiger partial charge is 0.206 e. The van der Waals surface area contributed by atoms with Crippen LogP contribution in [0.15, 0.2) is 41.6 Å². The summed E-state index contributed by atoms with van der Waals surface area (Å²) in [5.74, 6) is -4.02. The molecule has 1 aromatic rings. The van der Waals surface area contributed by atoms with E-state index in [9.17, 15) is 18.3 Å². The number of aliphatic hydroxyl groups is 1. The monoisotopic (exact) mass is 408 g/mol. The Hall–Kier alpha value is -2.21. The molecule has 0 heterocycles. The molecule has 0 bridgehead atoms. The van der Waals surface area contributed by atoms with Crippen molar-refractivity contribution >= 4 is 5.57 Å². The second kappa shape index (κ2) is 10.0. The molecule has 0 aromatic heterocycles. The van der Waals surface area contributed by atoms with E-state index in [1.807, 2.05) is 0 Å². The lowest BCUT2D eigenvalue weighted by Gasteiger charge is -2.17. The number of ether oxygens (including phenoxy) is 2. The minimum absolute atomic E-state index is 0.0149. The first kappa shape index (κ1) is 21.5. The van der Waals surface area contributed by atoms with E-state index in [0.29, 0.717) is 0 Å². The summed E-state index contributed by atoms with van der Waals surface area (Å²) in [7, 11) is 0. The molecule has 0 saturated heterocycles. The minimum Gasteiger partial charge on any atom is -0.504 e. The molecule has 3 nitrogen and oxygen atoms in total. The fourth-order valence-corrected chi connectivity index (χ4v) is 3.75. The van der Waals surface area contributed by atoms with Crippen molar-refractivity contribution in [3.8, 4) is 0 Å². The fraction of sp³-hybridized carbons (Fsp3) is 0.478. The van der Waals surface area contributed by atoms with Crippen molar-refractivity contribution in [3.05, 3.63) is 64.4 Å². The van der Waals surface area contributed by atoms with E-state index in [1.165, 1.54) is 37.1 Å². The van der Waals surface area contributed by atoms with Crippen LogP contribution in [0.2, 0.25) is 0 Å². The average Bonchev–Trinajstić information content (AvgIpc) is 3.06. The highest BCUT2D eigenvalue weighted by Crippen LogP contribution is 2.34. The highest BCUT2D eigenvalue weighted by atomic mass is 19.2. The number of benzene rings is 1. The third-order valence-electron chi connectivity index (χ3n) is 5.33. The molecule has 1 saturated carbocycles. The Morgan fingerprint density at radius 3 is 2.41 bits per heavy atom. The summed E-state index contributed by atoms with van der Waals surface area (Å²) in [6.07, 6.45) is 9.58. The molecular formula is C23H27F3O3. The lowest BCUT2D eigenvalue weighted by atomic mass is 10.00. The molecule has 6 heteroatoms. The fourth-order valence-electron chi connectivity index (χ4n) is 3.75. The number of aliphatic hydroxyl groups excluding tert-OH is 1. The van der Waals surface area contributed by atoms with E-state index in [-0.39, 0.29) is 48.2 Å². The maximum Gasteiger partial charge on any atom is 0.206 e. The summed E-state index contributed by atoms with van der Waals surface area (Å²) in [5.41, 5.74) is -0.178. The maximum atomic E-state index is 14.8. The van der Waals surface area contributed by atoms with Crippen LogP contribution in [0.5, 0.6) is 0 Å². The number of hydrogen-bond acceptors (Lipinski definition) is 3. The lowest BCUT2D eigenvalue weighted by Crippen LogP contribution is -2.12. The van der Waals surface area contributed by atoms with Crippen LogP contribution in [-0.2, 0) is 16.1 Å². The van der Waals surface area contributed by atoms with Crippen LogP contribution in [0.4, 0.5) is 13.2 Å². The standard InChI is InChI=1S/C23H27F3O3/c1-2-28-19-11-7-10-18(23(27)22(19)26)17-13-12-15(20(24)21(17)25)14-29-16-8-5-3-4-6-9-16/h10-13,16,27H,2-9,14H2,1H3. The van der Waals surface area contributed by atoms with Gasteiger partial charge in [0, 0.05) is 16.7 Å². The first-order chi connectivity index (χ1) is 14.0. The molecule has 1 fully saturated rings. The van der Waals surface area contributed by atoms with Gasteiger partial charge in [0.2, 0.25) is 5.83 Å². The number of hydrogen-bond donors (Lipinski definition) is 1. The molecule has 0 amide bonds. The second-order valence-electron chi connectivity index (χ2n) is 7.34. The molecule has 3 rings (SSSR count). The number of allylic oxidation sites excluding steroid dienone is 4. The number of rotatable bonds is 6. The Morgan fingerprint density at radius 2 is 1.72 bits per heavy atom. The van der Waals surface area contributed by atoms with Crippen LogP contribution in [0.3, 0.4) is 0 Å². The maximum absolute atomic E-state index is 14.8. The second-order valence-corrected chi connectivity index (χ2v) is 7.34. The van der Waals surface area contributed by atoms with E-state index in [1.54, 1.807) is 6.92 Å². The zero-order valence-electron chi connectivity index (χ0n) is 16.6. The van der Waals surface area contributed by atoms with Gasteiger partial charge in [-0.05, 0) is 32.3 Å². The van der Waals surface area contributed by atoms with Gasteiger partial charge in [-0.3, -0.25) is 0 Å². The lowest BCUT2D eigenvalue weighted by molar-refractivity contribution is 0.0293.